The van der Waals surface area contributed by atoms with Gasteiger partial charge in [0.05, 0.1) is 5.69 Å². The number of nitrogens with two attached hydrogens (primary N) is 1. The summed E-state index contributed by atoms with van der Waals surface area (Å²) in [6.45, 7) is 5.08. The van der Waals surface area contributed by atoms with Crippen LogP contribution in [-0.4, -0.2) is 39.7 Å². The predicted molar refractivity (Wildman–Crippen MR) is 79.6 cm³/mol. The first kappa shape index (κ1) is 14.9. The Balaban J connectivity index is 2.18. The summed E-state index contributed by atoms with van der Waals surface area (Å²) in [5, 5.41) is 8.96. The van der Waals surface area contributed by atoms with E-state index in [2.05, 4.69) is 0 Å². The Labute approximate surface area is 120 Å². The van der Waals surface area contributed by atoms with E-state index in [9.17, 15) is 4.79 Å². The molecule has 1 atom stereocenters. The lowest BCUT2D eigenvalue weighted by atomic mass is 10.1. The molecule has 1 fully saturated rings. The number of aliphatic hydroxyl groups excluding tert-OH is 1. The molecule has 5 heteroatoms. The second kappa shape index (κ2) is 6.31. The Bertz CT molecular complexity index is 468. The molecule has 112 valence electrons. The largest absolute Gasteiger partial charge is 0.397 e. The van der Waals surface area contributed by atoms with Gasteiger partial charge < -0.3 is 20.3 Å². The van der Waals surface area contributed by atoms with Gasteiger partial charge in [0.1, 0.15) is 5.69 Å². The van der Waals surface area contributed by atoms with E-state index in [-0.39, 0.29) is 24.6 Å². The number of nitrogen functional groups attached to an aromatic ring is 1. The van der Waals surface area contributed by atoms with Gasteiger partial charge in [-0.1, -0.05) is 0 Å². The summed E-state index contributed by atoms with van der Waals surface area (Å²) in [5.74, 6) is 0.0656. The highest BCUT2D eigenvalue weighted by Gasteiger charge is 2.30. The summed E-state index contributed by atoms with van der Waals surface area (Å²) in [7, 11) is 0. The van der Waals surface area contributed by atoms with E-state index < -0.39 is 0 Å². The molecule has 0 aromatic carbocycles. The van der Waals surface area contributed by atoms with Crippen LogP contribution in [0.3, 0.4) is 0 Å². The molecule has 0 bridgehead atoms. The summed E-state index contributed by atoms with van der Waals surface area (Å²) in [4.78, 5) is 14.7. The number of likely N-dealkylation sites (tertiary alicyclic amines) is 1. The van der Waals surface area contributed by atoms with Crippen molar-refractivity contribution >= 4 is 11.6 Å². The van der Waals surface area contributed by atoms with Gasteiger partial charge in [-0.15, -0.1) is 0 Å². The molecule has 0 aliphatic carbocycles. The molecule has 5 nitrogen and oxygen atoms in total. The van der Waals surface area contributed by atoms with E-state index in [0.29, 0.717) is 11.4 Å². The molecule has 20 heavy (non-hydrogen) atoms. The van der Waals surface area contributed by atoms with Gasteiger partial charge in [-0.25, -0.2) is 0 Å². The molecule has 0 spiro atoms. The first-order valence-corrected chi connectivity index (χ1v) is 7.43. The quantitative estimate of drug-likeness (QED) is 0.866. The molecular weight excluding hydrogens is 254 g/mol. The Morgan fingerprint density at radius 3 is 2.95 bits per heavy atom. The Morgan fingerprint density at radius 2 is 2.30 bits per heavy atom. The Hall–Kier alpha value is -1.49. The van der Waals surface area contributed by atoms with Crippen molar-refractivity contribution in [1.82, 2.24) is 9.47 Å². The predicted octanol–water partition coefficient (Wildman–Crippen LogP) is 2.03. The van der Waals surface area contributed by atoms with Crippen molar-refractivity contribution in [3.63, 3.8) is 0 Å². The first-order chi connectivity index (χ1) is 9.54. The van der Waals surface area contributed by atoms with Gasteiger partial charge in [0.25, 0.3) is 5.91 Å². The zero-order valence-corrected chi connectivity index (χ0v) is 12.4. The maximum atomic E-state index is 12.7. The van der Waals surface area contributed by atoms with Crippen molar-refractivity contribution in [3.05, 3.63) is 18.0 Å². The molecule has 1 unspecified atom stereocenters. The fraction of sp³-hybridized carbons (Fsp3) is 0.667. The number of rotatable bonds is 5. The minimum atomic E-state index is 0.0656. The van der Waals surface area contributed by atoms with Gasteiger partial charge in [0, 0.05) is 31.4 Å². The zero-order valence-electron chi connectivity index (χ0n) is 12.4. The van der Waals surface area contributed by atoms with Crippen LogP contribution in [0.2, 0.25) is 0 Å². The van der Waals surface area contributed by atoms with Crippen molar-refractivity contribution in [3.8, 4) is 0 Å². The second-order valence-corrected chi connectivity index (χ2v) is 5.82. The van der Waals surface area contributed by atoms with Gasteiger partial charge in [-0.05, 0) is 45.6 Å². The standard InChI is InChI=1S/C15H25N3O2/c1-11(2)18-10-12(16)9-14(18)15(20)17-7-3-5-13(17)6-4-8-19/h9-11,13,19H,3-8,16H2,1-2H3. The lowest BCUT2D eigenvalue weighted by Gasteiger charge is -2.25. The fourth-order valence-electron chi connectivity index (χ4n) is 2.98. The molecule has 1 aromatic heterocycles. The van der Waals surface area contributed by atoms with Gasteiger partial charge in [-0.3, -0.25) is 4.79 Å². The lowest BCUT2D eigenvalue weighted by Crippen LogP contribution is -2.36. The molecule has 1 aliphatic heterocycles. The summed E-state index contributed by atoms with van der Waals surface area (Å²) in [6, 6.07) is 2.24. The van der Waals surface area contributed by atoms with E-state index in [1.54, 1.807) is 6.07 Å². The van der Waals surface area contributed by atoms with Crippen LogP contribution >= 0.6 is 0 Å². The van der Waals surface area contributed by atoms with E-state index in [4.69, 9.17) is 10.8 Å². The van der Waals surface area contributed by atoms with Crippen molar-refractivity contribution in [1.29, 1.82) is 0 Å². The third kappa shape index (κ3) is 2.98. The minimum absolute atomic E-state index is 0.0656. The molecule has 1 amide bonds. The molecule has 0 radical (unpaired) electrons. The monoisotopic (exact) mass is 279 g/mol. The van der Waals surface area contributed by atoms with E-state index in [0.717, 1.165) is 32.2 Å². The lowest BCUT2D eigenvalue weighted by molar-refractivity contribution is 0.0712. The van der Waals surface area contributed by atoms with Gasteiger partial charge in [0.2, 0.25) is 0 Å². The van der Waals surface area contributed by atoms with Crippen LogP contribution in [0.5, 0.6) is 0 Å². The minimum Gasteiger partial charge on any atom is -0.397 e. The van der Waals surface area contributed by atoms with Crippen molar-refractivity contribution < 1.29 is 9.90 Å². The molecule has 3 N–H and O–H groups in total. The highest BCUT2D eigenvalue weighted by molar-refractivity contribution is 5.94. The number of anilines is 1. The number of nitrogens with zero attached hydrogens (tertiary/aromatic N) is 2. The van der Waals surface area contributed by atoms with Crippen LogP contribution in [0.15, 0.2) is 12.3 Å². The molecular formula is C15H25N3O2. The number of carbonyl (C=O) groups excluding carboxylic acids is 1. The summed E-state index contributed by atoms with van der Waals surface area (Å²) < 4.78 is 1.94. The zero-order chi connectivity index (χ0) is 14.7. The molecule has 1 saturated heterocycles. The maximum absolute atomic E-state index is 12.7. The average Bonchev–Trinajstić information content (AvgIpc) is 3.01. The van der Waals surface area contributed by atoms with Crippen LogP contribution in [0.4, 0.5) is 5.69 Å². The number of aliphatic hydroxyl groups is 1. The normalized spacial score (nSPS) is 19.0. The van der Waals surface area contributed by atoms with Gasteiger partial charge in [-0.2, -0.15) is 0 Å². The average molecular weight is 279 g/mol. The fourth-order valence-corrected chi connectivity index (χ4v) is 2.98. The summed E-state index contributed by atoms with van der Waals surface area (Å²) >= 11 is 0. The van der Waals surface area contributed by atoms with Gasteiger partial charge in [0.15, 0.2) is 0 Å². The Kier molecular flexibility index (Phi) is 4.70. The van der Waals surface area contributed by atoms with Crippen LogP contribution in [-0.2, 0) is 0 Å². The molecule has 2 heterocycles. The Morgan fingerprint density at radius 1 is 1.55 bits per heavy atom. The van der Waals surface area contributed by atoms with E-state index >= 15 is 0 Å². The number of amides is 1. The number of hydrogen-bond donors (Lipinski definition) is 2. The van der Waals surface area contributed by atoms with Crippen molar-refractivity contribution in [2.75, 3.05) is 18.9 Å². The topological polar surface area (TPSA) is 71.5 Å². The number of carbonyl (C=O) groups is 1. The SMILES string of the molecule is CC(C)n1cc(N)cc1C(=O)N1CCCC1CCCO. The summed E-state index contributed by atoms with van der Waals surface area (Å²) in [6.07, 6.45) is 5.53. The third-order valence-corrected chi connectivity index (χ3v) is 3.98. The van der Waals surface area contributed by atoms with Gasteiger partial charge >= 0.3 is 0 Å². The van der Waals surface area contributed by atoms with Crippen LogP contribution in [0.25, 0.3) is 0 Å². The van der Waals surface area contributed by atoms with Crippen molar-refractivity contribution in [2.45, 2.75) is 51.6 Å². The molecule has 0 saturated carbocycles. The number of hydrogen-bond acceptors (Lipinski definition) is 3. The number of aromatic nitrogens is 1. The second-order valence-electron chi connectivity index (χ2n) is 5.82. The molecule has 1 aliphatic rings. The smallest absolute Gasteiger partial charge is 0.270 e. The van der Waals surface area contributed by atoms with Crippen LogP contribution in [0.1, 0.15) is 56.1 Å². The third-order valence-electron chi connectivity index (χ3n) is 3.98. The molecule has 1 aromatic rings. The highest BCUT2D eigenvalue weighted by atomic mass is 16.3. The van der Waals surface area contributed by atoms with Crippen LogP contribution in [0, 0.1) is 0 Å². The molecule has 2 rings (SSSR count). The first-order valence-electron chi connectivity index (χ1n) is 7.43. The highest BCUT2D eigenvalue weighted by Crippen LogP contribution is 2.26. The van der Waals surface area contributed by atoms with E-state index in [1.165, 1.54) is 0 Å². The summed E-state index contributed by atoms with van der Waals surface area (Å²) in [5.41, 5.74) is 7.15. The van der Waals surface area contributed by atoms with Crippen LogP contribution < -0.4 is 5.73 Å². The maximum Gasteiger partial charge on any atom is 0.270 e. The van der Waals surface area contributed by atoms with E-state index in [1.807, 2.05) is 29.5 Å². The van der Waals surface area contributed by atoms with Crippen molar-refractivity contribution in [2.24, 2.45) is 0 Å².